The van der Waals surface area contributed by atoms with Crippen LogP contribution in [0.15, 0.2) is 12.1 Å². The summed E-state index contributed by atoms with van der Waals surface area (Å²) >= 11 is 0. The molecule has 2 atom stereocenters. The summed E-state index contributed by atoms with van der Waals surface area (Å²) in [6.45, 7) is 0.483. The number of halogens is 1. The van der Waals surface area contributed by atoms with Crippen molar-refractivity contribution in [2.75, 3.05) is 13.7 Å². The van der Waals surface area contributed by atoms with Crippen molar-refractivity contribution in [1.82, 2.24) is 0 Å². The van der Waals surface area contributed by atoms with E-state index in [1.807, 2.05) is 0 Å². The van der Waals surface area contributed by atoms with Crippen LogP contribution in [0.3, 0.4) is 0 Å². The molecule has 1 aliphatic rings. The van der Waals surface area contributed by atoms with E-state index in [1.54, 1.807) is 0 Å². The van der Waals surface area contributed by atoms with E-state index in [2.05, 4.69) is 0 Å². The van der Waals surface area contributed by atoms with E-state index in [0.717, 1.165) is 25.3 Å². The van der Waals surface area contributed by atoms with Gasteiger partial charge in [0.2, 0.25) is 5.75 Å². The van der Waals surface area contributed by atoms with Crippen molar-refractivity contribution in [3.8, 4) is 11.5 Å². The molecule has 0 aliphatic heterocycles. The number of hydrogen-bond donors (Lipinski definition) is 1. The molecule has 7 heteroatoms. The fourth-order valence-electron chi connectivity index (χ4n) is 2.51. The second-order valence-corrected chi connectivity index (χ2v) is 4.79. The zero-order valence-electron chi connectivity index (χ0n) is 11.2. The predicted octanol–water partition coefficient (Wildman–Crippen LogP) is 2.25. The lowest BCUT2D eigenvalue weighted by Gasteiger charge is -2.20. The topological polar surface area (TPSA) is 87.6 Å². The Morgan fingerprint density at radius 2 is 2.20 bits per heavy atom. The zero-order chi connectivity index (χ0) is 14.7. The molecule has 0 amide bonds. The van der Waals surface area contributed by atoms with Gasteiger partial charge in [0.05, 0.1) is 18.1 Å². The van der Waals surface area contributed by atoms with E-state index in [9.17, 15) is 14.5 Å². The van der Waals surface area contributed by atoms with Crippen LogP contribution < -0.4 is 15.2 Å². The van der Waals surface area contributed by atoms with Gasteiger partial charge in [-0.1, -0.05) is 0 Å². The van der Waals surface area contributed by atoms with Gasteiger partial charge in [-0.3, -0.25) is 10.1 Å². The van der Waals surface area contributed by atoms with Gasteiger partial charge >= 0.3 is 5.69 Å². The third kappa shape index (κ3) is 2.82. The second kappa shape index (κ2) is 6.04. The van der Waals surface area contributed by atoms with Crippen LogP contribution in [0.25, 0.3) is 0 Å². The standard InChI is InChI=1S/C13H17FN2O4/c1-19-13-6-12(9(14)5-10(13)16(17)18)20-11-4-2-3-8(11)7-15/h5-6,8,11H,2-4,7,15H2,1H3. The van der Waals surface area contributed by atoms with Crippen LogP contribution in [-0.4, -0.2) is 24.7 Å². The minimum absolute atomic E-state index is 0.0197. The molecule has 0 heterocycles. The van der Waals surface area contributed by atoms with Crippen molar-refractivity contribution in [3.05, 3.63) is 28.1 Å². The summed E-state index contributed by atoms with van der Waals surface area (Å²) in [6.07, 6.45) is 2.59. The molecule has 1 aliphatic carbocycles. The highest BCUT2D eigenvalue weighted by Crippen LogP contribution is 2.36. The van der Waals surface area contributed by atoms with E-state index in [1.165, 1.54) is 13.2 Å². The summed E-state index contributed by atoms with van der Waals surface area (Å²) in [5.74, 6) is -0.623. The molecule has 2 unspecified atom stereocenters. The number of methoxy groups -OCH3 is 1. The van der Waals surface area contributed by atoms with Crippen LogP contribution >= 0.6 is 0 Å². The van der Waals surface area contributed by atoms with Crippen molar-refractivity contribution in [2.45, 2.75) is 25.4 Å². The average molecular weight is 284 g/mol. The highest BCUT2D eigenvalue weighted by atomic mass is 19.1. The Hall–Kier alpha value is -1.89. The van der Waals surface area contributed by atoms with E-state index < -0.39 is 16.4 Å². The molecule has 1 saturated carbocycles. The number of ether oxygens (including phenoxy) is 2. The molecule has 6 nitrogen and oxygen atoms in total. The number of hydrogen-bond acceptors (Lipinski definition) is 5. The maximum Gasteiger partial charge on any atom is 0.314 e. The summed E-state index contributed by atoms with van der Waals surface area (Å²) < 4.78 is 24.4. The molecule has 2 N–H and O–H groups in total. The number of rotatable bonds is 5. The van der Waals surface area contributed by atoms with Gasteiger partial charge in [0.15, 0.2) is 11.6 Å². The Kier molecular flexibility index (Phi) is 4.39. The van der Waals surface area contributed by atoms with Crippen LogP contribution in [0.5, 0.6) is 11.5 Å². The lowest BCUT2D eigenvalue weighted by molar-refractivity contribution is -0.386. The number of nitro benzene ring substituents is 1. The molecule has 1 aromatic carbocycles. The first kappa shape index (κ1) is 14.5. The SMILES string of the molecule is COc1cc(OC2CCCC2CN)c(F)cc1[N+](=O)[O-]. The highest BCUT2D eigenvalue weighted by Gasteiger charge is 2.29. The van der Waals surface area contributed by atoms with Gasteiger partial charge in [-0.05, 0) is 25.8 Å². The molecule has 0 radical (unpaired) electrons. The van der Waals surface area contributed by atoms with E-state index in [0.29, 0.717) is 6.54 Å². The van der Waals surface area contributed by atoms with Crippen molar-refractivity contribution in [1.29, 1.82) is 0 Å². The molecule has 2 rings (SSSR count). The monoisotopic (exact) mass is 284 g/mol. The van der Waals surface area contributed by atoms with Gasteiger partial charge in [0.1, 0.15) is 6.10 Å². The van der Waals surface area contributed by atoms with Crippen LogP contribution in [0.2, 0.25) is 0 Å². The Morgan fingerprint density at radius 3 is 2.80 bits per heavy atom. The first-order chi connectivity index (χ1) is 9.56. The molecule has 0 spiro atoms. The molecule has 0 bridgehead atoms. The van der Waals surface area contributed by atoms with E-state index >= 15 is 0 Å². The van der Waals surface area contributed by atoms with Gasteiger partial charge in [-0.15, -0.1) is 0 Å². The summed E-state index contributed by atoms with van der Waals surface area (Å²) in [7, 11) is 1.29. The van der Waals surface area contributed by atoms with Crippen molar-refractivity contribution in [3.63, 3.8) is 0 Å². The molecule has 1 fully saturated rings. The molecule has 20 heavy (non-hydrogen) atoms. The fraction of sp³-hybridized carbons (Fsp3) is 0.538. The maximum absolute atomic E-state index is 13.9. The van der Waals surface area contributed by atoms with Crippen LogP contribution in [-0.2, 0) is 0 Å². The zero-order valence-corrected chi connectivity index (χ0v) is 11.2. The fourth-order valence-corrected chi connectivity index (χ4v) is 2.51. The molecule has 0 aromatic heterocycles. The number of nitrogens with zero attached hydrogens (tertiary/aromatic N) is 1. The lowest BCUT2D eigenvalue weighted by Crippen LogP contribution is -2.28. The largest absolute Gasteiger partial charge is 0.490 e. The molecule has 1 aromatic rings. The van der Waals surface area contributed by atoms with E-state index in [4.69, 9.17) is 15.2 Å². The summed E-state index contributed by atoms with van der Waals surface area (Å²) in [5.41, 5.74) is 5.23. The average Bonchev–Trinajstić information content (AvgIpc) is 2.87. The smallest absolute Gasteiger partial charge is 0.314 e. The van der Waals surface area contributed by atoms with Crippen molar-refractivity contribution >= 4 is 5.69 Å². The van der Waals surface area contributed by atoms with Gasteiger partial charge < -0.3 is 15.2 Å². The molecular formula is C13H17FN2O4. The molecule has 110 valence electrons. The number of nitro groups is 1. The lowest BCUT2D eigenvalue weighted by atomic mass is 10.1. The Bertz CT molecular complexity index is 509. The predicted molar refractivity (Wildman–Crippen MR) is 70.4 cm³/mol. The Labute approximate surface area is 115 Å². The first-order valence-corrected chi connectivity index (χ1v) is 6.45. The number of benzene rings is 1. The van der Waals surface area contributed by atoms with Gasteiger partial charge in [0.25, 0.3) is 0 Å². The Morgan fingerprint density at radius 1 is 1.45 bits per heavy atom. The maximum atomic E-state index is 13.9. The van der Waals surface area contributed by atoms with Crippen molar-refractivity contribution in [2.24, 2.45) is 11.7 Å². The summed E-state index contributed by atoms with van der Waals surface area (Å²) in [6, 6.07) is 2.04. The minimum Gasteiger partial charge on any atom is -0.490 e. The second-order valence-electron chi connectivity index (χ2n) is 4.79. The quantitative estimate of drug-likeness (QED) is 0.661. The normalized spacial score (nSPS) is 21.8. The third-order valence-corrected chi connectivity index (χ3v) is 3.60. The van der Waals surface area contributed by atoms with Crippen LogP contribution in [0, 0.1) is 21.8 Å². The summed E-state index contributed by atoms with van der Waals surface area (Å²) in [5, 5.41) is 10.8. The Balaban J connectivity index is 2.26. The van der Waals surface area contributed by atoms with Crippen LogP contribution in [0.1, 0.15) is 19.3 Å². The van der Waals surface area contributed by atoms with Crippen LogP contribution in [0.4, 0.5) is 10.1 Å². The summed E-state index contributed by atoms with van der Waals surface area (Å²) in [4.78, 5) is 10.1. The minimum atomic E-state index is -0.764. The third-order valence-electron chi connectivity index (χ3n) is 3.60. The van der Waals surface area contributed by atoms with Gasteiger partial charge in [0, 0.05) is 12.0 Å². The van der Waals surface area contributed by atoms with Gasteiger partial charge in [-0.25, -0.2) is 4.39 Å². The van der Waals surface area contributed by atoms with Gasteiger partial charge in [-0.2, -0.15) is 0 Å². The first-order valence-electron chi connectivity index (χ1n) is 6.45. The number of nitrogens with two attached hydrogens (primary N) is 1. The van der Waals surface area contributed by atoms with Crippen molar-refractivity contribution < 1.29 is 18.8 Å². The van der Waals surface area contributed by atoms with E-state index in [-0.39, 0.29) is 23.5 Å². The highest BCUT2D eigenvalue weighted by molar-refractivity contribution is 5.51. The molecule has 0 saturated heterocycles. The molecular weight excluding hydrogens is 267 g/mol.